The smallest absolute Gasteiger partial charge is 0.326 e. The molecule has 0 atom stereocenters. The molecule has 0 unspecified atom stereocenters. The van der Waals surface area contributed by atoms with Crippen LogP contribution in [0.5, 0.6) is 0 Å². The van der Waals surface area contributed by atoms with Crippen LogP contribution in [0.15, 0.2) is 14.6 Å². The fourth-order valence-corrected chi connectivity index (χ4v) is 1.25. The molecule has 9 N–H and O–H groups in total. The molecule has 1 aromatic rings. The maximum absolute atomic E-state index is 10.7. The predicted molar refractivity (Wildman–Crippen MR) is 48.5 cm³/mol. The van der Waals surface area contributed by atoms with Crippen molar-refractivity contribution in [3.63, 3.8) is 0 Å². The number of anilines is 1. The largest absolute Gasteiger partial charge is 0.743 e. The molecule has 0 saturated heterocycles. The molecular formula is C4H9N3O7S. The average Bonchev–Trinajstić information content (AvgIpc) is 1.94. The van der Waals surface area contributed by atoms with Crippen LogP contribution in [0.1, 0.15) is 0 Å². The van der Waals surface area contributed by atoms with Gasteiger partial charge >= 0.3 is 5.69 Å². The van der Waals surface area contributed by atoms with E-state index in [1.54, 1.807) is 9.97 Å². The number of hydrogen-bond acceptors (Lipinski definition) is 6. The molecule has 0 radical (unpaired) electrons. The fourth-order valence-electron chi connectivity index (χ4n) is 0.672. The van der Waals surface area contributed by atoms with Gasteiger partial charge in [0.05, 0.1) is 0 Å². The fraction of sp³-hybridized carbons (Fsp3) is 0. The molecule has 0 aliphatic rings. The lowest BCUT2D eigenvalue weighted by molar-refractivity contribution is 0.459. The van der Waals surface area contributed by atoms with Crippen LogP contribution < -0.4 is 17.0 Å². The Hall–Kier alpha value is -1.69. The van der Waals surface area contributed by atoms with Gasteiger partial charge in [-0.2, -0.15) is 0 Å². The number of hydrogen-bond donors (Lipinski definition) is 3. The maximum Gasteiger partial charge on any atom is 0.326 e. The molecule has 10 nitrogen and oxygen atoms in total. The normalized spacial score (nSPS) is 9.93. The van der Waals surface area contributed by atoms with Gasteiger partial charge in [0.25, 0.3) is 5.56 Å². The highest BCUT2D eigenvalue weighted by atomic mass is 32.2. The van der Waals surface area contributed by atoms with Crippen LogP contribution in [0.4, 0.5) is 5.69 Å². The summed E-state index contributed by atoms with van der Waals surface area (Å²) in [6, 6.07) is 0. The summed E-state index contributed by atoms with van der Waals surface area (Å²) in [6.07, 6.45) is 0. The SMILES string of the molecule is Nc1c(S(=O)(=O)[O-])[nH]c(=O)[nH]c1=O.O.[OH3+]. The molecule has 15 heavy (non-hydrogen) atoms. The van der Waals surface area contributed by atoms with Gasteiger partial charge in [0.1, 0.15) is 15.8 Å². The summed E-state index contributed by atoms with van der Waals surface area (Å²) in [7, 11) is -4.93. The van der Waals surface area contributed by atoms with E-state index in [1.165, 1.54) is 0 Å². The summed E-state index contributed by atoms with van der Waals surface area (Å²) in [4.78, 5) is 24.5. The van der Waals surface area contributed by atoms with Crippen LogP contribution in [-0.2, 0) is 15.6 Å². The zero-order valence-electron chi connectivity index (χ0n) is 7.10. The van der Waals surface area contributed by atoms with Gasteiger partial charge in [-0.15, -0.1) is 0 Å². The molecule has 0 aromatic carbocycles. The van der Waals surface area contributed by atoms with E-state index in [1.807, 2.05) is 0 Å². The van der Waals surface area contributed by atoms with Crippen molar-refractivity contribution in [2.24, 2.45) is 0 Å². The number of H-pyrrole nitrogens is 2. The van der Waals surface area contributed by atoms with Gasteiger partial charge in [0.2, 0.25) is 0 Å². The van der Waals surface area contributed by atoms with E-state index in [9.17, 15) is 22.6 Å². The Bertz CT molecular complexity index is 540. The number of nitrogen functional groups attached to an aromatic ring is 1. The molecule has 1 rings (SSSR count). The predicted octanol–water partition coefficient (Wildman–Crippen LogP) is -4.20. The minimum atomic E-state index is -4.93. The Kier molecular flexibility index (Phi) is 4.94. The van der Waals surface area contributed by atoms with E-state index in [0.717, 1.165) is 0 Å². The van der Waals surface area contributed by atoms with Gasteiger partial charge in [0.15, 0.2) is 5.03 Å². The van der Waals surface area contributed by atoms with Crippen LogP contribution in [0.25, 0.3) is 0 Å². The quantitative estimate of drug-likeness (QED) is 0.252. The van der Waals surface area contributed by atoms with Crippen molar-refractivity contribution in [2.75, 3.05) is 5.73 Å². The Morgan fingerprint density at radius 1 is 1.20 bits per heavy atom. The lowest BCUT2D eigenvalue weighted by atomic mass is 10.5. The molecule has 0 amide bonds. The van der Waals surface area contributed by atoms with Crippen molar-refractivity contribution in [1.29, 1.82) is 0 Å². The minimum Gasteiger partial charge on any atom is -0.743 e. The van der Waals surface area contributed by atoms with Gasteiger partial charge in [0, 0.05) is 0 Å². The van der Waals surface area contributed by atoms with Crippen molar-refractivity contribution >= 4 is 15.8 Å². The summed E-state index contributed by atoms with van der Waals surface area (Å²) in [5.74, 6) is 0. The molecular weight excluding hydrogens is 234 g/mol. The van der Waals surface area contributed by atoms with E-state index in [-0.39, 0.29) is 11.0 Å². The zero-order valence-corrected chi connectivity index (χ0v) is 7.92. The number of rotatable bonds is 1. The second kappa shape index (κ2) is 4.70. The maximum atomic E-state index is 10.7. The first-order valence-corrected chi connectivity index (χ1v) is 4.31. The molecule has 88 valence electrons. The lowest BCUT2D eigenvalue weighted by Crippen LogP contribution is -2.28. The second-order valence-corrected chi connectivity index (χ2v) is 3.42. The zero-order chi connectivity index (χ0) is 10.2. The van der Waals surface area contributed by atoms with Gasteiger partial charge in [-0.3, -0.25) is 14.8 Å². The van der Waals surface area contributed by atoms with E-state index in [0.29, 0.717) is 0 Å². The second-order valence-electron chi connectivity index (χ2n) is 2.11. The highest BCUT2D eigenvalue weighted by Crippen LogP contribution is 2.05. The third-order valence-electron chi connectivity index (χ3n) is 1.19. The monoisotopic (exact) mass is 243 g/mol. The summed E-state index contributed by atoms with van der Waals surface area (Å²) in [5.41, 5.74) is 1.90. The first kappa shape index (κ1) is 15.8. The lowest BCUT2D eigenvalue weighted by Gasteiger charge is -2.07. The third kappa shape index (κ3) is 3.17. The number of aromatic nitrogens is 2. The Morgan fingerprint density at radius 2 is 1.67 bits per heavy atom. The highest BCUT2D eigenvalue weighted by molar-refractivity contribution is 7.85. The molecule has 0 fully saturated rings. The molecule has 0 saturated carbocycles. The van der Waals surface area contributed by atoms with Crippen LogP contribution in [0.2, 0.25) is 0 Å². The van der Waals surface area contributed by atoms with E-state index in [4.69, 9.17) is 5.73 Å². The van der Waals surface area contributed by atoms with Crippen LogP contribution in [-0.4, -0.2) is 28.4 Å². The molecule has 0 spiro atoms. The molecule has 0 aliphatic carbocycles. The summed E-state index contributed by atoms with van der Waals surface area (Å²) in [5, 5.41) is -1.11. The topological polar surface area (TPSA) is 213 Å². The van der Waals surface area contributed by atoms with Crippen LogP contribution in [0.3, 0.4) is 0 Å². The Balaban J connectivity index is 0. The summed E-state index contributed by atoms with van der Waals surface area (Å²) < 4.78 is 31.2. The first-order chi connectivity index (χ1) is 5.82. The van der Waals surface area contributed by atoms with Crippen LogP contribution >= 0.6 is 0 Å². The Morgan fingerprint density at radius 3 is 2.07 bits per heavy atom. The summed E-state index contributed by atoms with van der Waals surface area (Å²) >= 11 is 0. The van der Waals surface area contributed by atoms with Crippen LogP contribution in [0, 0.1) is 0 Å². The highest BCUT2D eigenvalue weighted by Gasteiger charge is 2.10. The minimum absolute atomic E-state index is 0. The van der Waals surface area contributed by atoms with E-state index in [2.05, 4.69) is 0 Å². The van der Waals surface area contributed by atoms with Crippen molar-refractivity contribution < 1.29 is 23.9 Å². The number of nitrogens with one attached hydrogen (secondary N) is 2. The molecule has 0 aliphatic heterocycles. The molecule has 11 heteroatoms. The van der Waals surface area contributed by atoms with Crippen molar-refractivity contribution in [2.45, 2.75) is 5.03 Å². The van der Waals surface area contributed by atoms with Gasteiger partial charge < -0.3 is 21.2 Å². The summed E-state index contributed by atoms with van der Waals surface area (Å²) in [6.45, 7) is 0. The third-order valence-corrected chi connectivity index (χ3v) is 2.02. The average molecular weight is 243 g/mol. The van der Waals surface area contributed by atoms with Gasteiger partial charge in [-0.1, -0.05) is 0 Å². The van der Waals surface area contributed by atoms with E-state index >= 15 is 0 Å². The molecule has 1 heterocycles. The standard InChI is InChI=1S/C4H5N3O5S.2H2O/c5-1-2(8)6-4(9)7-3(1)13(10,11)12;;/h5H2,(H,10,11,12)(H2,6,7,8,9);2*1H2. The van der Waals surface area contributed by atoms with Gasteiger partial charge in [-0.05, 0) is 0 Å². The van der Waals surface area contributed by atoms with Crippen molar-refractivity contribution in [1.82, 2.24) is 9.97 Å². The number of nitrogens with two attached hydrogens (primary N) is 1. The van der Waals surface area contributed by atoms with Crippen molar-refractivity contribution in [3.8, 4) is 0 Å². The van der Waals surface area contributed by atoms with Gasteiger partial charge in [-0.25, -0.2) is 13.2 Å². The number of aromatic amines is 2. The van der Waals surface area contributed by atoms with Crippen molar-refractivity contribution in [3.05, 3.63) is 20.8 Å². The first-order valence-electron chi connectivity index (χ1n) is 2.90. The molecule has 0 bridgehead atoms. The van der Waals surface area contributed by atoms with E-state index < -0.39 is 32.1 Å². The molecule has 1 aromatic heterocycles. The Labute approximate surface area is 82.1 Å².